The van der Waals surface area contributed by atoms with Crippen LogP contribution in [-0.4, -0.2) is 19.0 Å². The van der Waals surface area contributed by atoms with E-state index in [0.717, 1.165) is 17.4 Å². The highest BCUT2D eigenvalue weighted by molar-refractivity contribution is 8.03. The largest absolute Gasteiger partial charge is 0.390 e. The van der Waals surface area contributed by atoms with Gasteiger partial charge in [-0.3, -0.25) is 0 Å². The smallest absolute Gasteiger partial charge is 0.0402 e. The fourth-order valence-corrected chi connectivity index (χ4v) is 1.13. The Morgan fingerprint density at radius 3 is 2.91 bits per heavy atom. The highest BCUT2D eigenvalue weighted by Crippen LogP contribution is 2.27. The Morgan fingerprint density at radius 2 is 2.45 bits per heavy atom. The Hall–Kier alpha value is -0.440. The van der Waals surface area contributed by atoms with Gasteiger partial charge >= 0.3 is 0 Å². The molecule has 1 saturated carbocycles. The molecule has 1 fully saturated rings. The summed E-state index contributed by atoms with van der Waals surface area (Å²) in [4.78, 5) is 0.991. The van der Waals surface area contributed by atoms with Crippen LogP contribution in [0.2, 0.25) is 0 Å². The average molecular weight is 170 g/mol. The van der Waals surface area contributed by atoms with Crippen molar-refractivity contribution in [2.75, 3.05) is 12.8 Å². The van der Waals surface area contributed by atoms with Gasteiger partial charge in [0.15, 0.2) is 0 Å². The van der Waals surface area contributed by atoms with E-state index in [2.05, 4.69) is 5.32 Å². The van der Waals surface area contributed by atoms with E-state index in [1.54, 1.807) is 11.8 Å². The van der Waals surface area contributed by atoms with Crippen LogP contribution in [0.25, 0.3) is 0 Å². The number of nitrogens with one attached hydrogen (secondary N) is 2. The van der Waals surface area contributed by atoms with Crippen molar-refractivity contribution < 1.29 is 0 Å². The standard InChI is InChI=1S/C8H14N2S/c1-11-8(4-9)6-10-5-7-2-3-7/h4,6-7,9-10H,2-3,5H2,1H3/b8-6+,9-4?. The number of hydrogen-bond donors (Lipinski definition) is 2. The van der Waals surface area contributed by atoms with Crippen molar-refractivity contribution in [1.82, 2.24) is 5.32 Å². The van der Waals surface area contributed by atoms with E-state index in [-0.39, 0.29) is 0 Å². The second-order valence-corrected chi connectivity index (χ2v) is 3.63. The molecule has 0 bridgehead atoms. The molecule has 11 heavy (non-hydrogen) atoms. The molecular weight excluding hydrogens is 156 g/mol. The molecule has 0 aromatic rings. The minimum Gasteiger partial charge on any atom is -0.390 e. The average Bonchev–Trinajstić information content (AvgIpc) is 2.82. The maximum absolute atomic E-state index is 7.01. The first-order valence-electron chi connectivity index (χ1n) is 3.85. The van der Waals surface area contributed by atoms with E-state index in [0.29, 0.717) is 0 Å². The first kappa shape index (κ1) is 8.65. The lowest BCUT2D eigenvalue weighted by molar-refractivity contribution is 0.747. The number of hydrogen-bond acceptors (Lipinski definition) is 3. The molecule has 0 unspecified atom stereocenters. The third-order valence-corrected chi connectivity index (χ3v) is 2.43. The summed E-state index contributed by atoms with van der Waals surface area (Å²) in [7, 11) is 0. The van der Waals surface area contributed by atoms with Gasteiger partial charge in [-0.15, -0.1) is 11.8 Å². The molecule has 0 aromatic carbocycles. The molecule has 62 valence electrons. The van der Waals surface area contributed by atoms with Gasteiger partial charge in [0.25, 0.3) is 0 Å². The Labute approximate surface area is 72.0 Å². The predicted octanol–water partition coefficient (Wildman–Crippen LogP) is 1.84. The zero-order valence-corrected chi connectivity index (χ0v) is 7.58. The fourth-order valence-electron chi connectivity index (χ4n) is 0.808. The number of allylic oxidation sites excluding steroid dienone is 1. The molecule has 2 nitrogen and oxygen atoms in total. The summed E-state index contributed by atoms with van der Waals surface area (Å²) in [6.45, 7) is 1.08. The van der Waals surface area contributed by atoms with Crippen LogP contribution in [0, 0.1) is 11.3 Å². The molecular formula is C8H14N2S. The summed E-state index contributed by atoms with van der Waals surface area (Å²) >= 11 is 1.60. The van der Waals surface area contributed by atoms with Crippen LogP contribution in [0.5, 0.6) is 0 Å². The van der Waals surface area contributed by atoms with E-state index in [1.165, 1.54) is 19.1 Å². The van der Waals surface area contributed by atoms with Crippen molar-refractivity contribution in [3.8, 4) is 0 Å². The molecule has 0 spiro atoms. The van der Waals surface area contributed by atoms with Crippen molar-refractivity contribution >= 4 is 18.0 Å². The van der Waals surface area contributed by atoms with Gasteiger partial charge in [0.2, 0.25) is 0 Å². The van der Waals surface area contributed by atoms with Gasteiger partial charge < -0.3 is 10.7 Å². The van der Waals surface area contributed by atoms with Gasteiger partial charge in [-0.05, 0) is 25.0 Å². The maximum Gasteiger partial charge on any atom is 0.0402 e. The monoisotopic (exact) mass is 170 g/mol. The number of rotatable bonds is 5. The molecule has 0 amide bonds. The second kappa shape index (κ2) is 4.44. The van der Waals surface area contributed by atoms with Crippen molar-refractivity contribution in [1.29, 1.82) is 5.41 Å². The summed E-state index contributed by atoms with van der Waals surface area (Å²) in [5.74, 6) is 0.903. The zero-order valence-electron chi connectivity index (χ0n) is 6.76. The summed E-state index contributed by atoms with van der Waals surface area (Å²) < 4.78 is 0. The fraction of sp³-hybridized carbons (Fsp3) is 0.625. The highest BCUT2D eigenvalue weighted by atomic mass is 32.2. The molecule has 1 aliphatic rings. The Bertz CT molecular complexity index is 161. The first-order valence-corrected chi connectivity index (χ1v) is 5.07. The Balaban J connectivity index is 2.13. The van der Waals surface area contributed by atoms with Gasteiger partial charge in [0.05, 0.1) is 0 Å². The van der Waals surface area contributed by atoms with Crippen LogP contribution in [0.15, 0.2) is 11.1 Å². The molecule has 2 N–H and O–H groups in total. The lowest BCUT2D eigenvalue weighted by Gasteiger charge is -1.98. The maximum atomic E-state index is 7.01. The third-order valence-electron chi connectivity index (χ3n) is 1.73. The molecule has 0 radical (unpaired) electrons. The third kappa shape index (κ3) is 3.46. The summed E-state index contributed by atoms with van der Waals surface area (Å²) in [5, 5.41) is 10.2. The van der Waals surface area contributed by atoms with Crippen LogP contribution in [0.4, 0.5) is 0 Å². The molecule has 0 heterocycles. The number of thioether (sulfide) groups is 1. The first-order chi connectivity index (χ1) is 5.36. The Kier molecular flexibility index (Phi) is 3.49. The lowest BCUT2D eigenvalue weighted by atomic mass is 10.4. The van der Waals surface area contributed by atoms with E-state index in [4.69, 9.17) is 5.41 Å². The summed E-state index contributed by atoms with van der Waals surface area (Å²) in [6.07, 6.45) is 8.04. The topological polar surface area (TPSA) is 35.9 Å². The van der Waals surface area contributed by atoms with Crippen molar-refractivity contribution in [2.24, 2.45) is 5.92 Å². The van der Waals surface area contributed by atoms with Crippen molar-refractivity contribution in [3.05, 3.63) is 11.1 Å². The van der Waals surface area contributed by atoms with Crippen LogP contribution in [0.3, 0.4) is 0 Å². The van der Waals surface area contributed by atoms with Gasteiger partial charge in [0, 0.05) is 23.9 Å². The van der Waals surface area contributed by atoms with Gasteiger partial charge in [-0.1, -0.05) is 0 Å². The molecule has 3 heteroatoms. The van der Waals surface area contributed by atoms with E-state index < -0.39 is 0 Å². The minimum absolute atomic E-state index is 0.903. The normalized spacial score (nSPS) is 18.1. The van der Waals surface area contributed by atoms with Gasteiger partial charge in [-0.2, -0.15) is 0 Å². The van der Waals surface area contributed by atoms with Crippen LogP contribution < -0.4 is 5.32 Å². The predicted molar refractivity (Wildman–Crippen MR) is 51.1 cm³/mol. The van der Waals surface area contributed by atoms with E-state index in [9.17, 15) is 0 Å². The second-order valence-electron chi connectivity index (χ2n) is 2.75. The minimum atomic E-state index is 0.903. The molecule has 0 aromatic heterocycles. The van der Waals surface area contributed by atoms with Crippen molar-refractivity contribution in [3.63, 3.8) is 0 Å². The summed E-state index contributed by atoms with van der Waals surface area (Å²) in [6, 6.07) is 0. The van der Waals surface area contributed by atoms with E-state index in [1.807, 2.05) is 12.5 Å². The SMILES string of the molecule is CS/C(C=N)=C/NCC1CC1. The van der Waals surface area contributed by atoms with E-state index >= 15 is 0 Å². The van der Waals surface area contributed by atoms with Gasteiger partial charge in [0.1, 0.15) is 0 Å². The zero-order chi connectivity index (χ0) is 8.10. The van der Waals surface area contributed by atoms with Crippen molar-refractivity contribution in [2.45, 2.75) is 12.8 Å². The molecule has 1 rings (SSSR count). The van der Waals surface area contributed by atoms with Crippen LogP contribution >= 0.6 is 11.8 Å². The Morgan fingerprint density at radius 1 is 1.73 bits per heavy atom. The lowest BCUT2D eigenvalue weighted by Crippen LogP contribution is -2.09. The van der Waals surface area contributed by atoms with Crippen LogP contribution in [-0.2, 0) is 0 Å². The van der Waals surface area contributed by atoms with Gasteiger partial charge in [-0.25, -0.2) is 0 Å². The highest BCUT2D eigenvalue weighted by Gasteiger charge is 2.19. The van der Waals surface area contributed by atoms with Crippen LogP contribution in [0.1, 0.15) is 12.8 Å². The summed E-state index contributed by atoms with van der Waals surface area (Å²) in [5.41, 5.74) is 0. The molecule has 1 aliphatic carbocycles. The molecule has 0 atom stereocenters. The molecule has 0 aliphatic heterocycles. The quantitative estimate of drug-likeness (QED) is 0.618. The molecule has 0 saturated heterocycles.